The Morgan fingerprint density at radius 3 is 2.88 bits per heavy atom. The largest absolute Gasteiger partial charge is 0.323 e. The fraction of sp³-hybridized carbons (Fsp3) is 0.176. The highest BCUT2D eigenvalue weighted by Gasteiger charge is 2.15. The van der Waals surface area contributed by atoms with E-state index in [-0.39, 0.29) is 17.3 Å². The minimum absolute atomic E-state index is 0.0979. The Morgan fingerprint density at radius 2 is 2.19 bits per heavy atom. The molecule has 0 aliphatic carbocycles. The van der Waals surface area contributed by atoms with Crippen molar-refractivity contribution in [3.8, 4) is 11.4 Å². The molecule has 0 saturated carbocycles. The summed E-state index contributed by atoms with van der Waals surface area (Å²) in [6.07, 6.45) is 3.41. The van der Waals surface area contributed by atoms with Gasteiger partial charge in [-0.05, 0) is 37.3 Å². The zero-order valence-corrected chi connectivity index (χ0v) is 16.2. The summed E-state index contributed by atoms with van der Waals surface area (Å²) in [4.78, 5) is 16.2. The lowest BCUT2D eigenvalue weighted by Crippen LogP contribution is -2.15. The Bertz CT molecular complexity index is 919. The SMILES string of the molecule is CCn1c(SCC(=O)Nc2ccc(Br)cc2F)nnc1-c1cccnc1. The number of rotatable bonds is 6. The van der Waals surface area contributed by atoms with Crippen LogP contribution in [0.1, 0.15) is 6.92 Å². The Kier molecular flexibility index (Phi) is 6.00. The minimum atomic E-state index is -0.492. The summed E-state index contributed by atoms with van der Waals surface area (Å²) in [6, 6.07) is 8.21. The number of carbonyl (C=O) groups is 1. The number of halogens is 2. The number of thioether (sulfide) groups is 1. The Morgan fingerprint density at radius 1 is 1.35 bits per heavy atom. The lowest BCUT2D eigenvalue weighted by molar-refractivity contribution is -0.113. The van der Waals surface area contributed by atoms with Gasteiger partial charge in [-0.1, -0.05) is 27.7 Å². The van der Waals surface area contributed by atoms with Crippen molar-refractivity contribution in [3.05, 3.63) is 53.0 Å². The first-order valence-electron chi connectivity index (χ1n) is 7.79. The maximum atomic E-state index is 13.8. The van der Waals surface area contributed by atoms with Crippen molar-refractivity contribution in [1.29, 1.82) is 0 Å². The van der Waals surface area contributed by atoms with Crippen LogP contribution in [-0.2, 0) is 11.3 Å². The quantitative estimate of drug-likeness (QED) is 0.592. The van der Waals surface area contributed by atoms with Crippen molar-refractivity contribution >= 4 is 39.3 Å². The molecule has 1 N–H and O–H groups in total. The lowest BCUT2D eigenvalue weighted by atomic mass is 10.3. The van der Waals surface area contributed by atoms with Gasteiger partial charge in [0.15, 0.2) is 11.0 Å². The number of aromatic nitrogens is 4. The highest BCUT2D eigenvalue weighted by molar-refractivity contribution is 9.10. The molecular weight excluding hydrogens is 421 g/mol. The predicted molar refractivity (Wildman–Crippen MR) is 102 cm³/mol. The Balaban J connectivity index is 1.68. The molecule has 0 radical (unpaired) electrons. The smallest absolute Gasteiger partial charge is 0.234 e. The van der Waals surface area contributed by atoms with Crippen LogP contribution in [0.5, 0.6) is 0 Å². The minimum Gasteiger partial charge on any atom is -0.323 e. The molecule has 0 atom stereocenters. The van der Waals surface area contributed by atoms with Gasteiger partial charge >= 0.3 is 0 Å². The molecule has 0 fully saturated rings. The Hall–Kier alpha value is -2.26. The molecule has 0 bridgehead atoms. The van der Waals surface area contributed by atoms with Crippen LogP contribution in [-0.4, -0.2) is 31.4 Å². The maximum absolute atomic E-state index is 13.8. The fourth-order valence-corrected chi connectivity index (χ4v) is 3.43. The molecule has 0 spiro atoms. The van der Waals surface area contributed by atoms with Crippen molar-refractivity contribution in [2.24, 2.45) is 0 Å². The molecule has 0 saturated heterocycles. The molecule has 0 aliphatic rings. The second-order valence-corrected chi connectivity index (χ2v) is 7.11. The third kappa shape index (κ3) is 4.28. The first kappa shape index (κ1) is 18.5. The molecule has 1 aromatic carbocycles. The highest BCUT2D eigenvalue weighted by Crippen LogP contribution is 2.24. The van der Waals surface area contributed by atoms with Crippen LogP contribution in [0, 0.1) is 5.82 Å². The van der Waals surface area contributed by atoms with E-state index in [1.807, 2.05) is 23.6 Å². The monoisotopic (exact) mass is 435 g/mol. The van der Waals surface area contributed by atoms with Gasteiger partial charge in [0.2, 0.25) is 5.91 Å². The molecule has 134 valence electrons. The van der Waals surface area contributed by atoms with Crippen molar-refractivity contribution in [3.63, 3.8) is 0 Å². The van der Waals surface area contributed by atoms with Gasteiger partial charge in [0.05, 0.1) is 11.4 Å². The number of nitrogens with one attached hydrogen (secondary N) is 1. The van der Waals surface area contributed by atoms with Crippen LogP contribution in [0.4, 0.5) is 10.1 Å². The second kappa shape index (κ2) is 8.41. The van der Waals surface area contributed by atoms with E-state index in [2.05, 4.69) is 36.4 Å². The van der Waals surface area contributed by atoms with Crippen LogP contribution in [0.25, 0.3) is 11.4 Å². The summed E-state index contributed by atoms with van der Waals surface area (Å²) < 4.78 is 16.3. The van der Waals surface area contributed by atoms with Crippen molar-refractivity contribution < 1.29 is 9.18 Å². The van der Waals surface area contributed by atoms with Crippen LogP contribution < -0.4 is 5.32 Å². The third-order valence-corrected chi connectivity index (χ3v) is 4.95. The summed E-state index contributed by atoms with van der Waals surface area (Å²) in [6.45, 7) is 2.63. The van der Waals surface area contributed by atoms with Crippen LogP contribution in [0.3, 0.4) is 0 Å². The fourth-order valence-electron chi connectivity index (χ4n) is 2.30. The normalized spacial score (nSPS) is 10.7. The van der Waals surface area contributed by atoms with E-state index in [1.54, 1.807) is 18.5 Å². The molecule has 9 heteroatoms. The van der Waals surface area contributed by atoms with Gasteiger partial charge in [-0.2, -0.15) is 0 Å². The molecule has 6 nitrogen and oxygen atoms in total. The van der Waals surface area contributed by atoms with Crippen LogP contribution in [0.15, 0.2) is 52.4 Å². The van der Waals surface area contributed by atoms with Crippen LogP contribution >= 0.6 is 27.7 Å². The zero-order valence-electron chi connectivity index (χ0n) is 13.8. The van der Waals surface area contributed by atoms with Crippen molar-refractivity contribution in [2.45, 2.75) is 18.6 Å². The second-order valence-electron chi connectivity index (χ2n) is 5.25. The van der Waals surface area contributed by atoms with Gasteiger partial charge in [-0.3, -0.25) is 9.78 Å². The zero-order chi connectivity index (χ0) is 18.5. The topological polar surface area (TPSA) is 72.7 Å². The van der Waals surface area contributed by atoms with Crippen molar-refractivity contribution in [1.82, 2.24) is 19.7 Å². The van der Waals surface area contributed by atoms with E-state index in [9.17, 15) is 9.18 Å². The van der Waals surface area contributed by atoms with Crippen molar-refractivity contribution in [2.75, 3.05) is 11.1 Å². The molecule has 2 aromatic heterocycles. The number of carbonyl (C=O) groups excluding carboxylic acids is 1. The van der Waals surface area contributed by atoms with Gasteiger partial charge in [0.25, 0.3) is 0 Å². The average Bonchev–Trinajstić information content (AvgIpc) is 3.06. The molecule has 1 amide bonds. The number of anilines is 1. The molecule has 2 heterocycles. The number of hydrogen-bond acceptors (Lipinski definition) is 5. The first-order chi connectivity index (χ1) is 12.6. The number of nitrogens with zero attached hydrogens (tertiary/aromatic N) is 4. The first-order valence-corrected chi connectivity index (χ1v) is 9.57. The predicted octanol–water partition coefficient (Wildman–Crippen LogP) is 3.99. The molecule has 3 aromatic rings. The summed E-state index contributed by atoms with van der Waals surface area (Å²) in [7, 11) is 0. The number of amides is 1. The van der Waals surface area contributed by atoms with E-state index in [4.69, 9.17) is 0 Å². The number of pyridine rings is 1. The highest BCUT2D eigenvalue weighted by atomic mass is 79.9. The van der Waals surface area contributed by atoms with E-state index < -0.39 is 5.82 Å². The standard InChI is InChI=1S/C17H15BrFN5OS/c1-2-24-16(11-4-3-7-20-9-11)22-23-17(24)26-10-15(25)21-14-6-5-12(18)8-13(14)19/h3-9H,2,10H2,1H3,(H,21,25). The third-order valence-electron chi connectivity index (χ3n) is 3.49. The summed E-state index contributed by atoms with van der Waals surface area (Å²) in [5.41, 5.74) is 1.00. The molecule has 0 unspecified atom stereocenters. The summed E-state index contributed by atoms with van der Waals surface area (Å²) >= 11 is 4.43. The molecule has 3 rings (SSSR count). The van der Waals surface area contributed by atoms with E-state index in [1.165, 1.54) is 23.9 Å². The number of benzene rings is 1. The summed E-state index contributed by atoms with van der Waals surface area (Å²) in [5, 5.41) is 11.5. The number of hydrogen-bond donors (Lipinski definition) is 1. The van der Waals surface area contributed by atoms with E-state index in [0.29, 0.717) is 22.0 Å². The van der Waals surface area contributed by atoms with Crippen LogP contribution in [0.2, 0.25) is 0 Å². The van der Waals surface area contributed by atoms with Gasteiger partial charge in [0.1, 0.15) is 5.82 Å². The lowest BCUT2D eigenvalue weighted by Gasteiger charge is -2.08. The van der Waals surface area contributed by atoms with Gasteiger partial charge in [-0.15, -0.1) is 10.2 Å². The van der Waals surface area contributed by atoms with Gasteiger partial charge in [-0.25, -0.2) is 4.39 Å². The Labute approximate surface area is 162 Å². The molecule has 26 heavy (non-hydrogen) atoms. The maximum Gasteiger partial charge on any atom is 0.234 e. The van der Waals surface area contributed by atoms with Gasteiger partial charge < -0.3 is 9.88 Å². The van der Waals surface area contributed by atoms with Gasteiger partial charge in [0, 0.05) is 29.0 Å². The molecular formula is C17H15BrFN5OS. The van der Waals surface area contributed by atoms with E-state index >= 15 is 0 Å². The van der Waals surface area contributed by atoms with E-state index in [0.717, 1.165) is 5.56 Å². The summed E-state index contributed by atoms with van der Waals surface area (Å²) in [5.74, 6) is -0.0127. The molecule has 0 aliphatic heterocycles. The average molecular weight is 436 g/mol.